The zero-order chi connectivity index (χ0) is 10.4. The molecule has 0 amide bonds. The molecule has 0 aliphatic heterocycles. The molecule has 0 bridgehead atoms. The van der Waals surface area contributed by atoms with Crippen LogP contribution in [0.2, 0.25) is 0 Å². The van der Waals surface area contributed by atoms with Gasteiger partial charge in [-0.15, -0.1) is 0 Å². The fourth-order valence-electron chi connectivity index (χ4n) is 1.59. The van der Waals surface area contributed by atoms with Crippen molar-refractivity contribution in [1.82, 2.24) is 4.98 Å². The fourth-order valence-corrected chi connectivity index (χ4v) is 1.59. The van der Waals surface area contributed by atoms with E-state index in [1.54, 1.807) is 0 Å². The third-order valence-corrected chi connectivity index (χ3v) is 2.39. The molecule has 14 heavy (non-hydrogen) atoms. The number of Topliss-reactive ketones (excluding diaryl/α,β-unsaturated/α-hetero) is 1. The predicted octanol–water partition coefficient (Wildman–Crippen LogP) is 3.34. The maximum absolute atomic E-state index is 11.7. The van der Waals surface area contributed by atoms with Gasteiger partial charge < -0.3 is 4.98 Å². The molecule has 0 unspecified atom stereocenters. The summed E-state index contributed by atoms with van der Waals surface area (Å²) in [4.78, 5) is 14.7. The van der Waals surface area contributed by atoms with Crippen LogP contribution in [0.15, 0.2) is 12.3 Å². The van der Waals surface area contributed by atoms with Crippen LogP contribution < -0.4 is 0 Å². The number of carbonyl (C=O) groups is 1. The Bertz CT molecular complexity index is 288. The Morgan fingerprint density at radius 2 is 2.14 bits per heavy atom. The second-order valence-corrected chi connectivity index (χ2v) is 3.65. The Kier molecular flexibility index (Phi) is 4.44. The van der Waals surface area contributed by atoms with E-state index in [0.717, 1.165) is 25.0 Å². The van der Waals surface area contributed by atoms with Crippen LogP contribution in [0.1, 0.15) is 55.6 Å². The third kappa shape index (κ3) is 2.72. The highest BCUT2D eigenvalue weighted by molar-refractivity contribution is 5.95. The molecule has 1 aromatic heterocycles. The van der Waals surface area contributed by atoms with Crippen molar-refractivity contribution in [1.29, 1.82) is 0 Å². The summed E-state index contributed by atoms with van der Waals surface area (Å²) < 4.78 is 0. The largest absolute Gasteiger partial charge is 0.359 e. The third-order valence-electron chi connectivity index (χ3n) is 2.39. The van der Waals surface area contributed by atoms with Gasteiger partial charge in [0.05, 0.1) is 5.69 Å². The topological polar surface area (TPSA) is 32.9 Å². The van der Waals surface area contributed by atoms with Crippen molar-refractivity contribution in [2.75, 3.05) is 0 Å². The Morgan fingerprint density at radius 3 is 2.79 bits per heavy atom. The second-order valence-electron chi connectivity index (χ2n) is 3.65. The molecule has 2 heteroatoms. The minimum atomic E-state index is 0.253. The number of rotatable bonds is 6. The van der Waals surface area contributed by atoms with Gasteiger partial charge in [-0.05, 0) is 30.9 Å². The number of carbonyl (C=O) groups excluding carboxylic acids is 1. The summed E-state index contributed by atoms with van der Waals surface area (Å²) in [6.07, 6.45) is 6.79. The highest BCUT2D eigenvalue weighted by Gasteiger charge is 2.10. The molecule has 0 aliphatic rings. The van der Waals surface area contributed by atoms with Gasteiger partial charge in [0.25, 0.3) is 0 Å². The van der Waals surface area contributed by atoms with Gasteiger partial charge in [0, 0.05) is 12.6 Å². The van der Waals surface area contributed by atoms with E-state index in [9.17, 15) is 4.79 Å². The molecule has 1 N–H and O–H groups in total. The van der Waals surface area contributed by atoms with Crippen LogP contribution >= 0.6 is 0 Å². The lowest BCUT2D eigenvalue weighted by atomic mass is 10.0. The van der Waals surface area contributed by atoms with Crippen molar-refractivity contribution in [2.24, 2.45) is 0 Å². The second kappa shape index (κ2) is 5.63. The smallest absolute Gasteiger partial charge is 0.179 e. The van der Waals surface area contributed by atoms with Crippen LogP contribution in [0.4, 0.5) is 0 Å². The van der Waals surface area contributed by atoms with Crippen molar-refractivity contribution in [3.05, 3.63) is 23.5 Å². The SMILES string of the molecule is CCCCc1cc[nH]c1C(=O)CCC. The molecule has 1 aromatic rings. The summed E-state index contributed by atoms with van der Waals surface area (Å²) in [7, 11) is 0. The number of hydrogen-bond acceptors (Lipinski definition) is 1. The van der Waals surface area contributed by atoms with E-state index in [-0.39, 0.29) is 5.78 Å². The number of hydrogen-bond donors (Lipinski definition) is 1. The molecule has 0 aromatic carbocycles. The van der Waals surface area contributed by atoms with E-state index in [4.69, 9.17) is 0 Å². The highest BCUT2D eigenvalue weighted by Crippen LogP contribution is 2.13. The quantitative estimate of drug-likeness (QED) is 0.690. The number of aryl methyl sites for hydroxylation is 1. The molecule has 0 saturated heterocycles. The van der Waals surface area contributed by atoms with Crippen LogP contribution in [0, 0.1) is 0 Å². The molecule has 1 rings (SSSR count). The van der Waals surface area contributed by atoms with E-state index in [2.05, 4.69) is 11.9 Å². The van der Waals surface area contributed by atoms with Gasteiger partial charge in [-0.2, -0.15) is 0 Å². The molecular weight excluding hydrogens is 174 g/mol. The van der Waals surface area contributed by atoms with Crippen molar-refractivity contribution in [3.63, 3.8) is 0 Å². The van der Waals surface area contributed by atoms with Crippen molar-refractivity contribution < 1.29 is 4.79 Å². The molecule has 0 radical (unpaired) electrons. The van der Waals surface area contributed by atoms with E-state index < -0.39 is 0 Å². The van der Waals surface area contributed by atoms with Crippen LogP contribution in [0.5, 0.6) is 0 Å². The lowest BCUT2D eigenvalue weighted by Crippen LogP contribution is -2.02. The van der Waals surface area contributed by atoms with E-state index >= 15 is 0 Å². The first-order valence-electron chi connectivity index (χ1n) is 5.49. The summed E-state index contributed by atoms with van der Waals surface area (Å²) in [6.45, 7) is 4.20. The van der Waals surface area contributed by atoms with Gasteiger partial charge in [0.15, 0.2) is 5.78 Å². The van der Waals surface area contributed by atoms with Crippen LogP contribution in [-0.4, -0.2) is 10.8 Å². The molecule has 78 valence electrons. The monoisotopic (exact) mass is 193 g/mol. The summed E-state index contributed by atoms with van der Waals surface area (Å²) in [6, 6.07) is 2.03. The molecule has 1 heterocycles. The number of aromatic nitrogens is 1. The van der Waals surface area contributed by atoms with Gasteiger partial charge in [0.1, 0.15) is 0 Å². The maximum atomic E-state index is 11.7. The molecule has 0 saturated carbocycles. The van der Waals surface area contributed by atoms with Crippen molar-refractivity contribution >= 4 is 5.78 Å². The van der Waals surface area contributed by atoms with Gasteiger partial charge in [0.2, 0.25) is 0 Å². The lowest BCUT2D eigenvalue weighted by molar-refractivity contribution is 0.0976. The van der Waals surface area contributed by atoms with Gasteiger partial charge >= 0.3 is 0 Å². The fraction of sp³-hybridized carbons (Fsp3) is 0.583. The summed E-state index contributed by atoms with van der Waals surface area (Å²) >= 11 is 0. The number of nitrogens with one attached hydrogen (secondary N) is 1. The summed E-state index contributed by atoms with van der Waals surface area (Å²) in [5.74, 6) is 0.253. The summed E-state index contributed by atoms with van der Waals surface area (Å²) in [5, 5.41) is 0. The average Bonchev–Trinajstić information content (AvgIpc) is 2.63. The lowest BCUT2D eigenvalue weighted by Gasteiger charge is -2.01. The van der Waals surface area contributed by atoms with Crippen LogP contribution in [0.3, 0.4) is 0 Å². The zero-order valence-corrected chi connectivity index (χ0v) is 9.10. The van der Waals surface area contributed by atoms with Crippen LogP contribution in [-0.2, 0) is 6.42 Å². The number of H-pyrrole nitrogens is 1. The Hall–Kier alpha value is -1.05. The first kappa shape index (κ1) is 11.0. The minimum absolute atomic E-state index is 0.253. The van der Waals surface area contributed by atoms with Crippen molar-refractivity contribution in [3.8, 4) is 0 Å². The van der Waals surface area contributed by atoms with Gasteiger partial charge in [-0.3, -0.25) is 4.79 Å². The molecule has 0 aliphatic carbocycles. The van der Waals surface area contributed by atoms with E-state index in [1.807, 2.05) is 19.2 Å². The molecule has 2 nitrogen and oxygen atoms in total. The zero-order valence-electron chi connectivity index (χ0n) is 9.10. The standard InChI is InChI=1S/C12H19NO/c1-3-5-7-10-8-9-13-12(10)11(14)6-4-2/h8-9,13H,3-7H2,1-2H3. The average molecular weight is 193 g/mol. The van der Waals surface area contributed by atoms with Crippen molar-refractivity contribution in [2.45, 2.75) is 46.0 Å². The van der Waals surface area contributed by atoms with Gasteiger partial charge in [-0.25, -0.2) is 0 Å². The van der Waals surface area contributed by atoms with E-state index in [1.165, 1.54) is 12.0 Å². The summed E-state index contributed by atoms with van der Waals surface area (Å²) in [5.41, 5.74) is 2.02. The van der Waals surface area contributed by atoms with E-state index in [0.29, 0.717) is 6.42 Å². The maximum Gasteiger partial charge on any atom is 0.179 e. The molecule has 0 spiro atoms. The Balaban J connectivity index is 2.66. The first-order chi connectivity index (χ1) is 6.79. The molecule has 0 atom stereocenters. The first-order valence-corrected chi connectivity index (χ1v) is 5.49. The Labute approximate surface area is 85.7 Å². The highest BCUT2D eigenvalue weighted by atomic mass is 16.1. The van der Waals surface area contributed by atoms with Gasteiger partial charge in [-0.1, -0.05) is 20.3 Å². The van der Waals surface area contributed by atoms with Crippen LogP contribution in [0.25, 0.3) is 0 Å². The number of unbranched alkanes of at least 4 members (excludes halogenated alkanes) is 1. The molecular formula is C12H19NO. The normalized spacial score (nSPS) is 10.4. The number of aromatic amines is 1. The number of ketones is 1. The Morgan fingerprint density at radius 1 is 1.36 bits per heavy atom. The molecule has 0 fully saturated rings. The minimum Gasteiger partial charge on any atom is -0.359 e. The predicted molar refractivity (Wildman–Crippen MR) is 58.6 cm³/mol.